The molecule has 2 aromatic carbocycles. The quantitative estimate of drug-likeness (QED) is 0.550. The summed E-state index contributed by atoms with van der Waals surface area (Å²) in [5, 5.41) is 3.02. The molecule has 2 aromatic rings. The van der Waals surface area contributed by atoms with Gasteiger partial charge in [-0.15, -0.1) is 11.8 Å². The second-order valence-corrected chi connectivity index (χ2v) is 11.6. The Hall–Kier alpha value is -0.820. The first-order chi connectivity index (χ1) is 11.8. The summed E-state index contributed by atoms with van der Waals surface area (Å²) >= 11 is 2.04. The van der Waals surface area contributed by atoms with E-state index in [1.54, 1.807) is 0 Å². The van der Waals surface area contributed by atoms with E-state index >= 15 is 0 Å². The molecular weight excluding hydrogens is 343 g/mol. The van der Waals surface area contributed by atoms with E-state index in [1.165, 1.54) is 10.6 Å². The lowest BCUT2D eigenvalue weighted by molar-refractivity contribution is 0.227. The Labute approximate surface area is 159 Å². The molecule has 0 fully saturated rings. The summed E-state index contributed by atoms with van der Waals surface area (Å²) in [7, 11) is -0.802. The molecule has 0 radical (unpaired) electrons. The summed E-state index contributed by atoms with van der Waals surface area (Å²) in [6.07, 6.45) is 0.191. The first-order valence-electron chi connectivity index (χ1n) is 9.03. The number of hydrogen-bond acceptors (Lipinski definition) is 2. The molecule has 0 N–H and O–H groups in total. The molecule has 1 nitrogen and oxygen atoms in total. The van der Waals surface area contributed by atoms with Gasteiger partial charge in [0.25, 0.3) is 0 Å². The molecule has 0 aliphatic rings. The van der Waals surface area contributed by atoms with Gasteiger partial charge in [0.15, 0.2) is 0 Å². The van der Waals surface area contributed by atoms with Crippen LogP contribution >= 0.6 is 19.9 Å². The van der Waals surface area contributed by atoms with Crippen LogP contribution in [0.15, 0.2) is 60.7 Å². The second kappa shape index (κ2) is 9.21. The third-order valence-electron chi connectivity index (χ3n) is 3.86. The van der Waals surface area contributed by atoms with Crippen molar-refractivity contribution in [3.8, 4) is 0 Å². The SMILES string of the molecule is CC(C)[C@H](SC(C)(C)C)[C@@H](C)OP(c1ccccc1)c1ccccc1. The maximum atomic E-state index is 6.74. The largest absolute Gasteiger partial charge is 0.346 e. The fourth-order valence-corrected chi connectivity index (χ4v) is 6.12. The van der Waals surface area contributed by atoms with E-state index < -0.39 is 8.15 Å². The van der Waals surface area contributed by atoms with Gasteiger partial charge in [0.1, 0.15) is 0 Å². The van der Waals surface area contributed by atoms with Crippen molar-refractivity contribution in [1.82, 2.24) is 0 Å². The first-order valence-corrected chi connectivity index (χ1v) is 11.2. The van der Waals surface area contributed by atoms with Crippen LogP contribution < -0.4 is 10.6 Å². The van der Waals surface area contributed by atoms with Crippen molar-refractivity contribution in [2.75, 3.05) is 0 Å². The van der Waals surface area contributed by atoms with E-state index in [9.17, 15) is 0 Å². The summed E-state index contributed by atoms with van der Waals surface area (Å²) in [6.45, 7) is 13.7. The van der Waals surface area contributed by atoms with Gasteiger partial charge < -0.3 is 4.52 Å². The average molecular weight is 375 g/mol. The Balaban J connectivity index is 2.26. The molecule has 0 saturated heterocycles. The highest BCUT2D eigenvalue weighted by Crippen LogP contribution is 2.42. The summed E-state index contributed by atoms with van der Waals surface area (Å²) in [5.74, 6) is 0.572. The van der Waals surface area contributed by atoms with Crippen molar-refractivity contribution >= 4 is 30.5 Å². The maximum Gasteiger partial charge on any atom is 0.0922 e. The predicted octanol–water partition coefficient (Wildman–Crippen LogP) is 6.00. The number of rotatable bonds is 7. The Morgan fingerprint density at radius 1 is 0.800 bits per heavy atom. The van der Waals surface area contributed by atoms with Crippen molar-refractivity contribution in [3.05, 3.63) is 60.7 Å². The van der Waals surface area contributed by atoms with E-state index in [0.29, 0.717) is 11.2 Å². The van der Waals surface area contributed by atoms with Gasteiger partial charge in [-0.05, 0) is 12.8 Å². The molecule has 2 rings (SSSR count). The normalized spacial score (nSPS) is 14.7. The Morgan fingerprint density at radius 2 is 1.24 bits per heavy atom. The standard InChI is InChI=1S/C22H31OPS/c1-17(2)21(25-22(4,5)6)18(3)23-24(19-13-9-7-10-14-19)20-15-11-8-12-16-20/h7-18,21H,1-6H3/t18-,21+/m1/s1. The molecular formula is C22H31OPS. The van der Waals surface area contributed by atoms with Gasteiger partial charge in [-0.2, -0.15) is 0 Å². The first kappa shape index (κ1) is 20.5. The van der Waals surface area contributed by atoms with E-state index in [4.69, 9.17) is 4.52 Å². The fraction of sp³-hybridized carbons (Fsp3) is 0.455. The minimum atomic E-state index is -0.802. The topological polar surface area (TPSA) is 9.23 Å². The van der Waals surface area contributed by atoms with Crippen LogP contribution in [-0.4, -0.2) is 16.1 Å². The van der Waals surface area contributed by atoms with Gasteiger partial charge in [-0.1, -0.05) is 95.3 Å². The lowest BCUT2D eigenvalue weighted by Crippen LogP contribution is -2.32. The lowest BCUT2D eigenvalue weighted by atomic mass is 10.1. The molecule has 2 atom stereocenters. The minimum absolute atomic E-state index is 0.191. The van der Waals surface area contributed by atoms with E-state index in [0.717, 1.165) is 0 Å². The molecule has 0 amide bonds. The number of hydrogen-bond donors (Lipinski definition) is 0. The zero-order valence-corrected chi connectivity index (χ0v) is 18.0. The van der Waals surface area contributed by atoms with Crippen LogP contribution in [0.5, 0.6) is 0 Å². The zero-order chi connectivity index (χ0) is 18.4. The van der Waals surface area contributed by atoms with E-state index in [2.05, 4.69) is 102 Å². The molecule has 0 aliphatic heterocycles. The third kappa shape index (κ3) is 6.44. The van der Waals surface area contributed by atoms with Gasteiger partial charge in [-0.3, -0.25) is 0 Å². The van der Waals surface area contributed by atoms with Gasteiger partial charge >= 0.3 is 0 Å². The molecule has 0 aliphatic carbocycles. The van der Waals surface area contributed by atoms with Crippen LogP contribution in [-0.2, 0) is 4.52 Å². The van der Waals surface area contributed by atoms with E-state index in [1.807, 2.05) is 11.8 Å². The second-order valence-electron chi connectivity index (χ2n) is 7.71. The fourth-order valence-electron chi connectivity index (χ4n) is 2.81. The van der Waals surface area contributed by atoms with Crippen LogP contribution in [0.3, 0.4) is 0 Å². The smallest absolute Gasteiger partial charge is 0.0922 e. The molecule has 0 spiro atoms. The van der Waals surface area contributed by atoms with Crippen molar-refractivity contribution in [1.29, 1.82) is 0 Å². The molecule has 0 heterocycles. The molecule has 3 heteroatoms. The van der Waals surface area contributed by atoms with Crippen LogP contribution in [0, 0.1) is 5.92 Å². The van der Waals surface area contributed by atoms with Crippen molar-refractivity contribution < 1.29 is 4.52 Å². The monoisotopic (exact) mass is 374 g/mol. The van der Waals surface area contributed by atoms with Crippen LogP contribution in [0.2, 0.25) is 0 Å². The number of benzene rings is 2. The minimum Gasteiger partial charge on any atom is -0.346 e. The van der Waals surface area contributed by atoms with Crippen molar-refractivity contribution in [2.24, 2.45) is 5.92 Å². The molecule has 0 unspecified atom stereocenters. The Morgan fingerprint density at radius 3 is 1.60 bits per heavy atom. The molecule has 0 aromatic heterocycles. The predicted molar refractivity (Wildman–Crippen MR) is 116 cm³/mol. The summed E-state index contributed by atoms with van der Waals surface area (Å²) in [6, 6.07) is 21.3. The Kier molecular flexibility index (Phi) is 7.55. The van der Waals surface area contributed by atoms with Gasteiger partial charge in [0.05, 0.1) is 14.3 Å². The lowest BCUT2D eigenvalue weighted by Gasteiger charge is -2.34. The summed E-state index contributed by atoms with van der Waals surface area (Å²) in [5.41, 5.74) is 0. The van der Waals surface area contributed by atoms with Crippen molar-refractivity contribution in [2.45, 2.75) is 57.6 Å². The highest BCUT2D eigenvalue weighted by Gasteiger charge is 2.30. The van der Waals surface area contributed by atoms with Gasteiger partial charge in [-0.25, -0.2) is 0 Å². The number of thioether (sulfide) groups is 1. The maximum absolute atomic E-state index is 6.74. The Bertz CT molecular complexity index is 582. The highest BCUT2D eigenvalue weighted by molar-refractivity contribution is 8.01. The molecule has 136 valence electrons. The van der Waals surface area contributed by atoms with Crippen molar-refractivity contribution in [3.63, 3.8) is 0 Å². The van der Waals surface area contributed by atoms with E-state index in [-0.39, 0.29) is 10.9 Å². The van der Waals surface area contributed by atoms with Crippen LogP contribution in [0.1, 0.15) is 41.5 Å². The average Bonchev–Trinajstić information content (AvgIpc) is 2.58. The summed E-state index contributed by atoms with van der Waals surface area (Å²) in [4.78, 5) is 0. The molecule has 0 bridgehead atoms. The molecule has 25 heavy (non-hydrogen) atoms. The van der Waals surface area contributed by atoms with Gasteiger partial charge in [0.2, 0.25) is 0 Å². The highest BCUT2D eigenvalue weighted by atomic mass is 32.2. The van der Waals surface area contributed by atoms with Crippen LogP contribution in [0.4, 0.5) is 0 Å². The van der Waals surface area contributed by atoms with Gasteiger partial charge in [0, 0.05) is 20.6 Å². The van der Waals surface area contributed by atoms with Crippen LogP contribution in [0.25, 0.3) is 0 Å². The third-order valence-corrected chi connectivity index (χ3v) is 7.85. The summed E-state index contributed by atoms with van der Waals surface area (Å²) < 4.78 is 6.97. The molecule has 0 saturated carbocycles. The zero-order valence-electron chi connectivity index (χ0n) is 16.3.